The Labute approximate surface area is 129 Å². The molecule has 2 aromatic rings. The first kappa shape index (κ1) is 14.6. The summed E-state index contributed by atoms with van der Waals surface area (Å²) in [6, 6.07) is 5.97. The number of hydrogen-bond acceptors (Lipinski definition) is 6. The molecule has 102 valence electrons. The second-order valence-electron chi connectivity index (χ2n) is 3.99. The Morgan fingerprint density at radius 3 is 2.79 bits per heavy atom. The molecule has 0 amide bonds. The van der Waals surface area contributed by atoms with Crippen LogP contribution in [-0.2, 0) is 5.75 Å². The van der Waals surface area contributed by atoms with Crippen molar-refractivity contribution >= 4 is 44.2 Å². The third kappa shape index (κ3) is 3.84. The van der Waals surface area contributed by atoms with Crippen LogP contribution in [0, 0.1) is 0 Å². The lowest BCUT2D eigenvalue weighted by Crippen LogP contribution is -2.07. The first-order valence-corrected chi connectivity index (χ1v) is 8.15. The van der Waals surface area contributed by atoms with Crippen LogP contribution >= 0.6 is 39.0 Å². The Balaban J connectivity index is 2.05. The summed E-state index contributed by atoms with van der Waals surface area (Å²) in [7, 11) is 5.61. The molecule has 0 fully saturated rings. The third-order valence-electron chi connectivity index (χ3n) is 2.38. The van der Waals surface area contributed by atoms with E-state index in [2.05, 4.69) is 26.1 Å². The van der Waals surface area contributed by atoms with E-state index < -0.39 is 0 Å². The van der Waals surface area contributed by atoms with Gasteiger partial charge in [0.1, 0.15) is 5.75 Å². The van der Waals surface area contributed by atoms with Crippen LogP contribution < -0.4 is 9.64 Å². The summed E-state index contributed by atoms with van der Waals surface area (Å²) >= 11 is 6.83. The van der Waals surface area contributed by atoms with Crippen molar-refractivity contribution < 1.29 is 4.74 Å². The summed E-state index contributed by atoms with van der Waals surface area (Å²) in [6.07, 6.45) is 0. The molecule has 0 aliphatic rings. The highest BCUT2D eigenvalue weighted by molar-refractivity contribution is 9.10. The third-order valence-corrected chi connectivity index (χ3v) is 5.43. The van der Waals surface area contributed by atoms with Crippen LogP contribution in [0.5, 0.6) is 5.75 Å². The van der Waals surface area contributed by atoms with E-state index in [0.29, 0.717) is 0 Å². The Kier molecular flexibility index (Phi) is 5.06. The van der Waals surface area contributed by atoms with Gasteiger partial charge in [0, 0.05) is 24.3 Å². The zero-order valence-corrected chi connectivity index (χ0v) is 14.1. The number of anilines is 1. The molecule has 0 aliphatic heterocycles. The minimum atomic E-state index is 0.833. The number of rotatable bonds is 5. The van der Waals surface area contributed by atoms with E-state index in [1.807, 2.05) is 37.2 Å². The highest BCUT2D eigenvalue weighted by Gasteiger charge is 2.08. The van der Waals surface area contributed by atoms with E-state index in [1.165, 1.54) is 5.56 Å². The Morgan fingerprint density at radius 2 is 2.16 bits per heavy atom. The number of benzene rings is 1. The minimum Gasteiger partial charge on any atom is -0.497 e. The van der Waals surface area contributed by atoms with Gasteiger partial charge in [0.15, 0.2) is 4.34 Å². The van der Waals surface area contributed by atoms with Crippen molar-refractivity contribution in [3.05, 3.63) is 28.2 Å². The second kappa shape index (κ2) is 6.58. The van der Waals surface area contributed by atoms with Crippen LogP contribution in [0.2, 0.25) is 0 Å². The molecule has 1 aromatic carbocycles. The maximum atomic E-state index is 5.24. The standard InChI is InChI=1S/C12H14BrN3OS2/c1-16(2)11-14-15-12(19-11)18-7-8-6-9(17-3)4-5-10(8)13/h4-6H,7H2,1-3H3. The topological polar surface area (TPSA) is 38.3 Å². The van der Waals surface area contributed by atoms with Crippen molar-refractivity contribution in [2.75, 3.05) is 26.1 Å². The lowest BCUT2D eigenvalue weighted by molar-refractivity contribution is 0.414. The monoisotopic (exact) mass is 359 g/mol. The molecule has 0 unspecified atom stereocenters. The second-order valence-corrected chi connectivity index (χ2v) is 7.02. The van der Waals surface area contributed by atoms with E-state index in [1.54, 1.807) is 30.2 Å². The smallest absolute Gasteiger partial charge is 0.208 e. The van der Waals surface area contributed by atoms with Gasteiger partial charge in [-0.05, 0) is 23.8 Å². The molecule has 1 aromatic heterocycles. The molecular weight excluding hydrogens is 346 g/mol. The lowest BCUT2D eigenvalue weighted by Gasteiger charge is -2.06. The van der Waals surface area contributed by atoms with Crippen molar-refractivity contribution in [2.45, 2.75) is 10.1 Å². The SMILES string of the molecule is COc1ccc(Br)c(CSc2nnc(N(C)C)s2)c1. The van der Waals surface area contributed by atoms with Crippen molar-refractivity contribution in [3.63, 3.8) is 0 Å². The van der Waals surface area contributed by atoms with Gasteiger partial charge in [0.2, 0.25) is 5.13 Å². The van der Waals surface area contributed by atoms with Crippen LogP contribution in [0.15, 0.2) is 27.0 Å². The average Bonchev–Trinajstić information content (AvgIpc) is 2.87. The van der Waals surface area contributed by atoms with Crippen LogP contribution in [0.25, 0.3) is 0 Å². The molecule has 4 nitrogen and oxygen atoms in total. The first-order chi connectivity index (χ1) is 9.10. The number of ether oxygens (including phenoxy) is 1. The van der Waals surface area contributed by atoms with Crippen molar-refractivity contribution in [2.24, 2.45) is 0 Å². The fourth-order valence-electron chi connectivity index (χ4n) is 1.37. The lowest BCUT2D eigenvalue weighted by atomic mass is 10.2. The quantitative estimate of drug-likeness (QED) is 0.761. The fourth-order valence-corrected chi connectivity index (χ4v) is 3.70. The summed E-state index contributed by atoms with van der Waals surface area (Å²) in [5.41, 5.74) is 1.19. The van der Waals surface area contributed by atoms with E-state index in [4.69, 9.17) is 4.74 Å². The molecule has 0 saturated heterocycles. The summed E-state index contributed by atoms with van der Waals surface area (Å²) < 4.78 is 7.29. The summed E-state index contributed by atoms with van der Waals surface area (Å²) in [5, 5.41) is 9.21. The number of nitrogens with zero attached hydrogens (tertiary/aromatic N) is 3. The predicted molar refractivity (Wildman–Crippen MR) is 84.5 cm³/mol. The Morgan fingerprint density at radius 1 is 1.37 bits per heavy atom. The molecule has 19 heavy (non-hydrogen) atoms. The van der Waals surface area contributed by atoms with Crippen LogP contribution in [0.1, 0.15) is 5.56 Å². The van der Waals surface area contributed by atoms with E-state index in [-0.39, 0.29) is 0 Å². The van der Waals surface area contributed by atoms with Crippen molar-refractivity contribution in [1.82, 2.24) is 10.2 Å². The number of halogens is 1. The van der Waals surface area contributed by atoms with E-state index in [9.17, 15) is 0 Å². The van der Waals surface area contributed by atoms with Gasteiger partial charge in [0.05, 0.1) is 7.11 Å². The molecule has 0 spiro atoms. The van der Waals surface area contributed by atoms with Crippen LogP contribution in [0.3, 0.4) is 0 Å². The zero-order valence-electron chi connectivity index (χ0n) is 10.9. The fraction of sp³-hybridized carbons (Fsp3) is 0.333. The first-order valence-electron chi connectivity index (χ1n) is 5.56. The molecule has 0 aliphatic carbocycles. The van der Waals surface area contributed by atoms with Gasteiger partial charge >= 0.3 is 0 Å². The van der Waals surface area contributed by atoms with E-state index in [0.717, 1.165) is 25.4 Å². The molecule has 2 rings (SSSR count). The Bertz CT molecular complexity index is 560. The molecule has 0 saturated carbocycles. The normalized spacial score (nSPS) is 10.5. The van der Waals surface area contributed by atoms with Gasteiger partial charge in [-0.2, -0.15) is 0 Å². The maximum absolute atomic E-state index is 5.24. The number of aromatic nitrogens is 2. The summed E-state index contributed by atoms with van der Waals surface area (Å²) in [5.74, 6) is 1.70. The molecule has 0 radical (unpaired) electrons. The molecular formula is C12H14BrN3OS2. The Hall–Kier alpha value is -0.790. The molecule has 0 bridgehead atoms. The van der Waals surface area contributed by atoms with Crippen molar-refractivity contribution in [1.29, 1.82) is 0 Å². The molecule has 7 heteroatoms. The van der Waals surface area contributed by atoms with Gasteiger partial charge in [-0.3, -0.25) is 0 Å². The highest BCUT2D eigenvalue weighted by Crippen LogP contribution is 2.32. The van der Waals surface area contributed by atoms with Gasteiger partial charge < -0.3 is 9.64 Å². The van der Waals surface area contributed by atoms with Gasteiger partial charge in [-0.25, -0.2) is 0 Å². The summed E-state index contributed by atoms with van der Waals surface area (Å²) in [4.78, 5) is 1.96. The molecule has 0 atom stereocenters. The van der Waals surface area contributed by atoms with Crippen molar-refractivity contribution in [3.8, 4) is 5.75 Å². The van der Waals surface area contributed by atoms with E-state index >= 15 is 0 Å². The van der Waals surface area contributed by atoms with Gasteiger partial charge in [-0.1, -0.05) is 39.0 Å². The molecule has 0 N–H and O–H groups in total. The zero-order chi connectivity index (χ0) is 13.8. The van der Waals surface area contributed by atoms with Crippen LogP contribution in [0.4, 0.5) is 5.13 Å². The average molecular weight is 360 g/mol. The summed E-state index contributed by atoms with van der Waals surface area (Å²) in [6.45, 7) is 0. The molecule has 1 heterocycles. The largest absolute Gasteiger partial charge is 0.497 e. The maximum Gasteiger partial charge on any atom is 0.208 e. The van der Waals surface area contributed by atoms with Gasteiger partial charge in [-0.15, -0.1) is 10.2 Å². The number of thioether (sulfide) groups is 1. The highest BCUT2D eigenvalue weighted by atomic mass is 79.9. The number of hydrogen-bond donors (Lipinski definition) is 0. The minimum absolute atomic E-state index is 0.833. The predicted octanol–water partition coefficient (Wildman–Crippen LogP) is 3.67. The number of methoxy groups -OCH3 is 1. The van der Waals surface area contributed by atoms with Gasteiger partial charge in [0.25, 0.3) is 0 Å². The van der Waals surface area contributed by atoms with Crippen LogP contribution in [-0.4, -0.2) is 31.4 Å².